The van der Waals surface area contributed by atoms with Crippen LogP contribution >= 0.6 is 0 Å². The van der Waals surface area contributed by atoms with Crippen molar-refractivity contribution in [3.8, 4) is 0 Å². The van der Waals surface area contributed by atoms with Crippen molar-refractivity contribution in [1.29, 1.82) is 0 Å². The van der Waals surface area contributed by atoms with E-state index in [0.717, 1.165) is 17.2 Å². The molecule has 0 spiro atoms. The van der Waals surface area contributed by atoms with Gasteiger partial charge in [-0.25, -0.2) is 4.98 Å². The minimum Gasteiger partial charge on any atom is -0.369 e. The van der Waals surface area contributed by atoms with E-state index in [9.17, 15) is 0 Å². The lowest BCUT2D eigenvalue weighted by molar-refractivity contribution is 0.129. The summed E-state index contributed by atoms with van der Waals surface area (Å²) in [5.41, 5.74) is 1.09. The van der Waals surface area contributed by atoms with Crippen LogP contribution in [0, 0.1) is 0 Å². The summed E-state index contributed by atoms with van der Waals surface area (Å²) in [5, 5.41) is 7.44. The molecule has 100 valence electrons. The summed E-state index contributed by atoms with van der Waals surface area (Å²) >= 11 is 0. The second-order valence-electron chi connectivity index (χ2n) is 5.09. The molecular formula is C15H19N3O. The molecule has 1 aliphatic carbocycles. The van der Waals surface area contributed by atoms with Gasteiger partial charge in [0.2, 0.25) is 0 Å². The number of hydrogen-bond donors (Lipinski definition) is 1. The van der Waals surface area contributed by atoms with Gasteiger partial charge in [-0.15, -0.1) is 0 Å². The van der Waals surface area contributed by atoms with Gasteiger partial charge in [0.25, 0.3) is 0 Å². The van der Waals surface area contributed by atoms with Crippen LogP contribution in [-0.4, -0.2) is 22.3 Å². The summed E-state index contributed by atoms with van der Waals surface area (Å²) < 4.78 is 5.55. The normalized spacial score (nSPS) is 17.7. The predicted octanol–water partition coefficient (Wildman–Crippen LogP) is 3.20. The maximum atomic E-state index is 5.55. The van der Waals surface area contributed by atoms with E-state index in [2.05, 4.69) is 15.2 Å². The minimum atomic E-state index is -0.187. The zero-order valence-electron chi connectivity index (χ0n) is 11.2. The topological polar surface area (TPSA) is 50.8 Å². The highest BCUT2D eigenvalue weighted by molar-refractivity contribution is 5.23. The number of methoxy groups -OCH3 is 1. The molecule has 1 aromatic heterocycles. The van der Waals surface area contributed by atoms with Crippen molar-refractivity contribution in [3.63, 3.8) is 0 Å². The van der Waals surface area contributed by atoms with Gasteiger partial charge in [0.15, 0.2) is 5.82 Å². The number of benzene rings is 1. The van der Waals surface area contributed by atoms with Crippen LogP contribution in [0.1, 0.15) is 54.9 Å². The maximum absolute atomic E-state index is 5.55. The summed E-state index contributed by atoms with van der Waals surface area (Å²) in [7, 11) is 1.70. The third-order valence-electron chi connectivity index (χ3n) is 3.83. The molecule has 0 bridgehead atoms. The first-order chi connectivity index (χ1) is 9.38. The standard InChI is InChI=1S/C15H19N3O/c1-19-13(11-7-3-2-4-8-11)15-16-14(17-18-15)12-9-5-6-10-12/h2-4,7-8,12-13H,5-6,9-10H2,1H3,(H,16,17,18). The van der Waals surface area contributed by atoms with Gasteiger partial charge in [-0.05, 0) is 18.4 Å². The summed E-state index contributed by atoms with van der Waals surface area (Å²) in [6, 6.07) is 10.1. The van der Waals surface area contributed by atoms with Gasteiger partial charge in [-0.2, -0.15) is 5.10 Å². The number of aromatic amines is 1. The highest BCUT2D eigenvalue weighted by atomic mass is 16.5. The summed E-state index contributed by atoms with van der Waals surface area (Å²) in [6.07, 6.45) is 4.85. The lowest BCUT2D eigenvalue weighted by Gasteiger charge is -2.11. The second kappa shape index (κ2) is 5.53. The molecule has 1 aliphatic rings. The number of hydrogen-bond acceptors (Lipinski definition) is 3. The first-order valence-corrected chi connectivity index (χ1v) is 6.88. The molecule has 0 radical (unpaired) electrons. The van der Waals surface area contributed by atoms with Crippen LogP contribution in [0.15, 0.2) is 30.3 Å². The molecule has 4 nitrogen and oxygen atoms in total. The van der Waals surface area contributed by atoms with Crippen LogP contribution in [0.2, 0.25) is 0 Å². The van der Waals surface area contributed by atoms with Gasteiger partial charge < -0.3 is 4.74 Å². The molecule has 3 rings (SSSR count). The summed E-state index contributed by atoms with van der Waals surface area (Å²) in [4.78, 5) is 4.65. The van der Waals surface area contributed by atoms with Crippen LogP contribution in [0.5, 0.6) is 0 Å². The lowest BCUT2D eigenvalue weighted by Crippen LogP contribution is -2.05. The van der Waals surface area contributed by atoms with E-state index in [4.69, 9.17) is 4.74 Å². The molecule has 0 saturated heterocycles. The van der Waals surface area contributed by atoms with Crippen molar-refractivity contribution in [2.75, 3.05) is 7.11 Å². The average Bonchev–Trinajstić information content (AvgIpc) is 3.11. The molecule has 1 atom stereocenters. The maximum Gasteiger partial charge on any atom is 0.184 e. The van der Waals surface area contributed by atoms with E-state index in [-0.39, 0.29) is 6.10 Å². The molecule has 1 aromatic carbocycles. The number of aromatic nitrogens is 3. The highest BCUT2D eigenvalue weighted by Crippen LogP contribution is 2.33. The Morgan fingerprint density at radius 3 is 2.63 bits per heavy atom. The first kappa shape index (κ1) is 12.4. The van der Waals surface area contributed by atoms with Gasteiger partial charge in [0, 0.05) is 13.0 Å². The summed E-state index contributed by atoms with van der Waals surface area (Å²) in [6.45, 7) is 0. The molecule has 1 heterocycles. The molecule has 1 N–H and O–H groups in total. The smallest absolute Gasteiger partial charge is 0.184 e. The molecule has 2 aromatic rings. The van der Waals surface area contributed by atoms with Crippen LogP contribution in [-0.2, 0) is 4.74 Å². The van der Waals surface area contributed by atoms with Crippen molar-refractivity contribution in [2.45, 2.75) is 37.7 Å². The monoisotopic (exact) mass is 257 g/mol. The largest absolute Gasteiger partial charge is 0.369 e. The minimum absolute atomic E-state index is 0.187. The number of H-pyrrole nitrogens is 1. The van der Waals surface area contributed by atoms with E-state index in [1.807, 2.05) is 30.3 Å². The van der Waals surface area contributed by atoms with Crippen molar-refractivity contribution < 1.29 is 4.74 Å². The van der Waals surface area contributed by atoms with Crippen molar-refractivity contribution in [3.05, 3.63) is 47.5 Å². The highest BCUT2D eigenvalue weighted by Gasteiger charge is 2.23. The van der Waals surface area contributed by atoms with Crippen molar-refractivity contribution >= 4 is 0 Å². The molecule has 19 heavy (non-hydrogen) atoms. The lowest BCUT2D eigenvalue weighted by atomic mass is 10.1. The fraction of sp³-hybridized carbons (Fsp3) is 0.467. The van der Waals surface area contributed by atoms with Gasteiger partial charge in [0.1, 0.15) is 11.9 Å². The third kappa shape index (κ3) is 2.54. The first-order valence-electron chi connectivity index (χ1n) is 6.88. The number of nitrogens with zero attached hydrogens (tertiary/aromatic N) is 2. The Kier molecular flexibility index (Phi) is 3.60. The Bertz CT molecular complexity index is 517. The Labute approximate surface area is 113 Å². The van der Waals surface area contributed by atoms with Gasteiger partial charge in [0.05, 0.1) is 0 Å². The number of rotatable bonds is 4. The van der Waals surface area contributed by atoms with Crippen LogP contribution < -0.4 is 0 Å². The average molecular weight is 257 g/mol. The van der Waals surface area contributed by atoms with Crippen LogP contribution in [0.3, 0.4) is 0 Å². The Morgan fingerprint density at radius 1 is 1.21 bits per heavy atom. The molecule has 0 amide bonds. The number of ether oxygens (including phenoxy) is 1. The Balaban J connectivity index is 1.84. The van der Waals surface area contributed by atoms with E-state index >= 15 is 0 Å². The van der Waals surface area contributed by atoms with Gasteiger partial charge >= 0.3 is 0 Å². The summed E-state index contributed by atoms with van der Waals surface area (Å²) in [5.74, 6) is 2.30. The fourth-order valence-corrected chi connectivity index (χ4v) is 2.81. The third-order valence-corrected chi connectivity index (χ3v) is 3.83. The molecule has 4 heteroatoms. The van der Waals surface area contributed by atoms with Crippen molar-refractivity contribution in [1.82, 2.24) is 15.2 Å². The van der Waals surface area contributed by atoms with Crippen LogP contribution in [0.4, 0.5) is 0 Å². The van der Waals surface area contributed by atoms with Gasteiger partial charge in [-0.1, -0.05) is 43.2 Å². The van der Waals surface area contributed by atoms with Crippen LogP contribution in [0.25, 0.3) is 0 Å². The zero-order chi connectivity index (χ0) is 13.1. The molecular weight excluding hydrogens is 238 g/mol. The number of nitrogens with one attached hydrogen (secondary N) is 1. The fourth-order valence-electron chi connectivity index (χ4n) is 2.81. The SMILES string of the molecule is COC(c1ccccc1)c1n[nH]c(C2CCCC2)n1. The van der Waals surface area contributed by atoms with Gasteiger partial charge in [-0.3, -0.25) is 5.10 Å². The van der Waals surface area contributed by atoms with E-state index in [1.54, 1.807) is 7.11 Å². The molecule has 0 aliphatic heterocycles. The van der Waals surface area contributed by atoms with E-state index < -0.39 is 0 Å². The molecule has 1 unspecified atom stereocenters. The molecule has 1 fully saturated rings. The zero-order valence-corrected chi connectivity index (χ0v) is 11.2. The quantitative estimate of drug-likeness (QED) is 0.915. The molecule has 1 saturated carbocycles. The predicted molar refractivity (Wildman–Crippen MR) is 72.9 cm³/mol. The Morgan fingerprint density at radius 2 is 1.95 bits per heavy atom. The second-order valence-corrected chi connectivity index (χ2v) is 5.09. The van der Waals surface area contributed by atoms with E-state index in [1.165, 1.54) is 25.7 Å². The van der Waals surface area contributed by atoms with Crippen molar-refractivity contribution in [2.24, 2.45) is 0 Å². The Hall–Kier alpha value is -1.68. The van der Waals surface area contributed by atoms with E-state index in [0.29, 0.717) is 5.92 Å².